The molecule has 0 aliphatic carbocycles. The number of rotatable bonds is 5. The molecule has 1 aromatic carbocycles. The molecular formula is C20H28N2O3. The first kappa shape index (κ1) is 16.9. The Bertz CT molecular complexity index is 701. The number of H-pyrrole nitrogens is 1. The van der Waals surface area contributed by atoms with Crippen LogP contribution in [0.3, 0.4) is 0 Å². The van der Waals surface area contributed by atoms with Crippen molar-refractivity contribution in [2.24, 2.45) is 0 Å². The second-order valence-electron chi connectivity index (χ2n) is 7.26. The van der Waals surface area contributed by atoms with Gasteiger partial charge in [0.15, 0.2) is 0 Å². The van der Waals surface area contributed by atoms with E-state index in [1.54, 1.807) is 7.11 Å². The highest BCUT2D eigenvalue weighted by atomic mass is 16.5. The summed E-state index contributed by atoms with van der Waals surface area (Å²) in [5.41, 5.74) is 2.57. The van der Waals surface area contributed by atoms with Gasteiger partial charge in [-0.15, -0.1) is 0 Å². The summed E-state index contributed by atoms with van der Waals surface area (Å²) in [6.07, 6.45) is 7.42. The van der Waals surface area contributed by atoms with Crippen molar-refractivity contribution in [3.63, 3.8) is 0 Å². The quantitative estimate of drug-likeness (QED) is 0.875. The van der Waals surface area contributed by atoms with E-state index in [1.165, 1.54) is 16.5 Å². The molecule has 1 atom stereocenters. The summed E-state index contributed by atoms with van der Waals surface area (Å²) < 4.78 is 17.0. The first-order chi connectivity index (χ1) is 12.3. The summed E-state index contributed by atoms with van der Waals surface area (Å²) >= 11 is 0. The van der Waals surface area contributed by atoms with Gasteiger partial charge in [-0.2, -0.15) is 0 Å². The fraction of sp³-hybridized carbons (Fsp3) is 0.600. The number of hydrogen-bond donors (Lipinski definition) is 2. The van der Waals surface area contributed by atoms with Crippen molar-refractivity contribution < 1.29 is 14.2 Å². The fourth-order valence-corrected chi connectivity index (χ4v) is 4.20. The molecule has 2 fully saturated rings. The van der Waals surface area contributed by atoms with Gasteiger partial charge in [0, 0.05) is 43.0 Å². The minimum atomic E-state index is 0.0579. The molecule has 1 aromatic heterocycles. The molecule has 0 bridgehead atoms. The highest BCUT2D eigenvalue weighted by molar-refractivity contribution is 5.84. The van der Waals surface area contributed by atoms with Gasteiger partial charge in [0.05, 0.1) is 12.7 Å². The third kappa shape index (κ3) is 3.68. The van der Waals surface area contributed by atoms with Crippen molar-refractivity contribution in [1.82, 2.24) is 10.3 Å². The van der Waals surface area contributed by atoms with Crippen LogP contribution in [0, 0.1) is 0 Å². The maximum Gasteiger partial charge on any atom is 0.119 e. The van der Waals surface area contributed by atoms with Gasteiger partial charge in [-0.25, -0.2) is 0 Å². The lowest BCUT2D eigenvalue weighted by atomic mass is 9.84. The van der Waals surface area contributed by atoms with E-state index in [9.17, 15) is 0 Å². The number of aromatic amines is 1. The van der Waals surface area contributed by atoms with Crippen LogP contribution in [-0.2, 0) is 15.9 Å². The summed E-state index contributed by atoms with van der Waals surface area (Å²) in [7, 11) is 1.71. The maximum atomic E-state index is 6.13. The standard InChI is InChI=1S/C20H28N2O3/c1-23-17-2-3-19-18(12-17)15(14-22-19)4-8-21-16-5-9-25-20(13-16)6-10-24-11-7-20/h2-3,12,14,16,21-22H,4-11,13H2,1H3/t16-/m1/s1. The lowest BCUT2D eigenvalue weighted by Gasteiger charge is -2.43. The molecule has 0 amide bonds. The predicted molar refractivity (Wildman–Crippen MR) is 98.3 cm³/mol. The van der Waals surface area contributed by atoms with Gasteiger partial charge < -0.3 is 24.5 Å². The lowest BCUT2D eigenvalue weighted by Crippen LogP contribution is -2.50. The molecule has 136 valence electrons. The van der Waals surface area contributed by atoms with Crippen molar-refractivity contribution in [2.45, 2.75) is 43.7 Å². The molecule has 2 aliphatic heterocycles. The zero-order chi connectivity index (χ0) is 17.1. The van der Waals surface area contributed by atoms with Gasteiger partial charge in [0.25, 0.3) is 0 Å². The first-order valence-electron chi connectivity index (χ1n) is 9.37. The number of aromatic nitrogens is 1. The molecule has 2 aromatic rings. The molecule has 5 nitrogen and oxygen atoms in total. The Balaban J connectivity index is 1.34. The van der Waals surface area contributed by atoms with Gasteiger partial charge >= 0.3 is 0 Å². The molecule has 2 aliphatic rings. The minimum Gasteiger partial charge on any atom is -0.497 e. The van der Waals surface area contributed by atoms with Crippen molar-refractivity contribution in [2.75, 3.05) is 33.5 Å². The summed E-state index contributed by atoms with van der Waals surface area (Å²) in [5.74, 6) is 0.909. The minimum absolute atomic E-state index is 0.0579. The summed E-state index contributed by atoms with van der Waals surface area (Å²) in [6, 6.07) is 6.74. The molecular weight excluding hydrogens is 316 g/mol. The van der Waals surface area contributed by atoms with Crippen LogP contribution in [0.15, 0.2) is 24.4 Å². The highest BCUT2D eigenvalue weighted by Crippen LogP contribution is 2.34. The number of hydrogen-bond acceptors (Lipinski definition) is 4. The average Bonchev–Trinajstić information content (AvgIpc) is 3.05. The van der Waals surface area contributed by atoms with Gasteiger partial charge in [-0.1, -0.05) is 0 Å². The van der Waals surface area contributed by atoms with Crippen LogP contribution in [0.25, 0.3) is 10.9 Å². The van der Waals surface area contributed by atoms with Gasteiger partial charge in [-0.05, 0) is 62.4 Å². The van der Waals surface area contributed by atoms with E-state index >= 15 is 0 Å². The Labute approximate surface area is 149 Å². The Morgan fingerprint density at radius 2 is 2.16 bits per heavy atom. The van der Waals surface area contributed by atoms with E-state index in [0.717, 1.165) is 64.2 Å². The predicted octanol–water partition coefficient (Wildman–Crippen LogP) is 3.04. The van der Waals surface area contributed by atoms with Crippen LogP contribution in [0.5, 0.6) is 5.75 Å². The Morgan fingerprint density at radius 1 is 1.28 bits per heavy atom. The number of fused-ring (bicyclic) bond motifs is 1. The smallest absolute Gasteiger partial charge is 0.119 e. The van der Waals surface area contributed by atoms with Crippen molar-refractivity contribution >= 4 is 10.9 Å². The lowest BCUT2D eigenvalue weighted by molar-refractivity contribution is -0.140. The highest BCUT2D eigenvalue weighted by Gasteiger charge is 2.38. The second-order valence-corrected chi connectivity index (χ2v) is 7.26. The Hall–Kier alpha value is -1.56. The number of ether oxygens (including phenoxy) is 3. The van der Waals surface area contributed by atoms with Crippen LogP contribution in [0.1, 0.15) is 31.2 Å². The second kappa shape index (κ2) is 7.36. The van der Waals surface area contributed by atoms with E-state index in [4.69, 9.17) is 14.2 Å². The van der Waals surface area contributed by atoms with E-state index in [2.05, 4.69) is 28.6 Å². The SMILES string of the molecule is COc1ccc2[nH]cc(CCN[C@@H]3CCOC4(CCOCC4)C3)c2c1. The molecule has 0 saturated carbocycles. The van der Waals surface area contributed by atoms with Crippen LogP contribution >= 0.6 is 0 Å². The molecule has 25 heavy (non-hydrogen) atoms. The Kier molecular flexibility index (Phi) is 4.97. The number of benzene rings is 1. The van der Waals surface area contributed by atoms with E-state index in [-0.39, 0.29) is 5.60 Å². The molecule has 0 radical (unpaired) electrons. The molecule has 3 heterocycles. The molecule has 2 N–H and O–H groups in total. The van der Waals surface area contributed by atoms with Gasteiger partial charge in [-0.3, -0.25) is 0 Å². The molecule has 1 spiro atoms. The van der Waals surface area contributed by atoms with Crippen molar-refractivity contribution in [3.8, 4) is 5.75 Å². The molecule has 0 unspecified atom stereocenters. The van der Waals surface area contributed by atoms with Crippen LogP contribution < -0.4 is 10.1 Å². The average molecular weight is 344 g/mol. The maximum absolute atomic E-state index is 6.13. The summed E-state index contributed by atoms with van der Waals surface area (Å²) in [6.45, 7) is 3.52. The van der Waals surface area contributed by atoms with Crippen molar-refractivity contribution in [3.05, 3.63) is 30.0 Å². The summed E-state index contributed by atoms with van der Waals surface area (Å²) in [5, 5.41) is 5.02. The largest absolute Gasteiger partial charge is 0.497 e. The first-order valence-corrected chi connectivity index (χ1v) is 9.37. The van der Waals surface area contributed by atoms with Gasteiger partial charge in [0.2, 0.25) is 0 Å². The Morgan fingerprint density at radius 3 is 3.00 bits per heavy atom. The molecule has 4 rings (SSSR count). The molecule has 5 heteroatoms. The van der Waals surface area contributed by atoms with E-state index in [1.807, 2.05) is 6.07 Å². The van der Waals surface area contributed by atoms with Crippen molar-refractivity contribution in [1.29, 1.82) is 0 Å². The number of methoxy groups -OCH3 is 1. The monoisotopic (exact) mass is 344 g/mol. The van der Waals surface area contributed by atoms with E-state index < -0.39 is 0 Å². The zero-order valence-corrected chi connectivity index (χ0v) is 15.0. The number of nitrogens with one attached hydrogen (secondary N) is 2. The van der Waals surface area contributed by atoms with Crippen LogP contribution in [0.4, 0.5) is 0 Å². The summed E-state index contributed by atoms with van der Waals surface area (Å²) in [4.78, 5) is 3.36. The van der Waals surface area contributed by atoms with Crippen LogP contribution in [0.2, 0.25) is 0 Å². The fourth-order valence-electron chi connectivity index (χ4n) is 4.20. The normalized spacial score (nSPS) is 23.2. The zero-order valence-electron chi connectivity index (χ0n) is 15.0. The third-order valence-electron chi connectivity index (χ3n) is 5.70. The topological polar surface area (TPSA) is 55.5 Å². The van der Waals surface area contributed by atoms with Gasteiger partial charge in [0.1, 0.15) is 5.75 Å². The van der Waals surface area contributed by atoms with E-state index in [0.29, 0.717) is 6.04 Å². The van der Waals surface area contributed by atoms with Crippen LogP contribution in [-0.4, -0.2) is 50.1 Å². The third-order valence-corrected chi connectivity index (χ3v) is 5.70. The molecule has 2 saturated heterocycles.